The highest BCUT2D eigenvalue weighted by atomic mass is 16.4. The molecule has 0 saturated heterocycles. The average molecular weight is 305 g/mol. The van der Waals surface area contributed by atoms with Crippen LogP contribution in [-0.2, 0) is 0 Å². The van der Waals surface area contributed by atoms with Crippen LogP contribution in [0.25, 0.3) is 0 Å². The summed E-state index contributed by atoms with van der Waals surface area (Å²) < 4.78 is 0. The van der Waals surface area contributed by atoms with Crippen molar-refractivity contribution < 1.29 is 15.0 Å². The Hall–Kier alpha value is -2.94. The number of likely N-dealkylation sites (N-methyl/N-ethyl adjacent to an activating group) is 1. The van der Waals surface area contributed by atoms with E-state index in [1.54, 1.807) is 19.2 Å². The lowest BCUT2D eigenvalue weighted by Gasteiger charge is -2.15. The van der Waals surface area contributed by atoms with Crippen molar-refractivity contribution in [3.8, 4) is 0 Å². The summed E-state index contributed by atoms with van der Waals surface area (Å²) in [7, 11) is 1.65. The molecule has 0 fully saturated rings. The van der Waals surface area contributed by atoms with Crippen molar-refractivity contribution in [2.24, 2.45) is 0 Å². The van der Waals surface area contributed by atoms with E-state index in [1.807, 2.05) is 0 Å². The fourth-order valence-corrected chi connectivity index (χ4v) is 1.69. The van der Waals surface area contributed by atoms with Crippen LogP contribution in [0, 0.1) is 0 Å². The highest BCUT2D eigenvalue weighted by molar-refractivity contribution is 5.88. The minimum absolute atomic E-state index is 0.0912. The minimum Gasteiger partial charge on any atom is -0.478 e. The highest BCUT2D eigenvalue weighted by Gasteiger charge is 2.08. The molecule has 1 heterocycles. The highest BCUT2D eigenvalue weighted by Crippen LogP contribution is 2.14. The van der Waals surface area contributed by atoms with Gasteiger partial charge >= 0.3 is 11.7 Å². The standard InChI is InChI=1S/C13H15N5O4/c1-18(6-7-19)12-15-11(16-13(22)17-12)14-9-4-2-8(3-5-9)10(20)21/h2-5,19H,6-7H2,1H3,(H,20,21)(H2,14,15,16,17,22). The predicted molar refractivity (Wildman–Crippen MR) is 79.7 cm³/mol. The molecule has 0 radical (unpaired) electrons. The van der Waals surface area contributed by atoms with Gasteiger partial charge in [0.05, 0.1) is 12.2 Å². The van der Waals surface area contributed by atoms with Gasteiger partial charge in [-0.25, -0.2) is 9.59 Å². The lowest BCUT2D eigenvalue weighted by Crippen LogP contribution is -2.27. The maximum atomic E-state index is 11.5. The molecular formula is C13H15N5O4. The first-order chi connectivity index (χ1) is 10.5. The second-order valence-corrected chi connectivity index (χ2v) is 4.46. The van der Waals surface area contributed by atoms with Gasteiger partial charge in [-0.15, -0.1) is 0 Å². The Morgan fingerprint density at radius 3 is 2.59 bits per heavy atom. The van der Waals surface area contributed by atoms with Gasteiger partial charge in [0.25, 0.3) is 0 Å². The second kappa shape index (κ2) is 6.68. The zero-order valence-corrected chi connectivity index (χ0v) is 11.8. The molecule has 0 amide bonds. The van der Waals surface area contributed by atoms with E-state index in [1.165, 1.54) is 17.0 Å². The molecule has 4 N–H and O–H groups in total. The van der Waals surface area contributed by atoms with Gasteiger partial charge in [0.1, 0.15) is 0 Å². The number of hydrogen-bond donors (Lipinski definition) is 4. The molecule has 2 rings (SSSR count). The van der Waals surface area contributed by atoms with Crippen LogP contribution in [-0.4, -0.2) is 51.3 Å². The fraction of sp³-hybridized carbons (Fsp3) is 0.231. The van der Waals surface area contributed by atoms with Gasteiger partial charge < -0.3 is 20.4 Å². The van der Waals surface area contributed by atoms with Crippen LogP contribution in [0.2, 0.25) is 0 Å². The van der Waals surface area contributed by atoms with Gasteiger partial charge in [-0.1, -0.05) is 0 Å². The van der Waals surface area contributed by atoms with E-state index in [-0.39, 0.29) is 30.6 Å². The number of nitrogens with zero attached hydrogens (tertiary/aromatic N) is 3. The topological polar surface area (TPSA) is 131 Å². The van der Waals surface area contributed by atoms with Crippen molar-refractivity contribution in [1.82, 2.24) is 15.0 Å². The van der Waals surface area contributed by atoms with Crippen LogP contribution in [0.1, 0.15) is 10.4 Å². The lowest BCUT2D eigenvalue weighted by atomic mass is 10.2. The summed E-state index contributed by atoms with van der Waals surface area (Å²) in [6, 6.07) is 5.98. The molecule has 0 unspecified atom stereocenters. The summed E-state index contributed by atoms with van der Waals surface area (Å²) in [5.74, 6) is -0.680. The number of carboxylic acid groups (broad SMARTS) is 1. The molecule has 116 valence electrons. The number of carbonyl (C=O) groups is 1. The van der Waals surface area contributed by atoms with E-state index in [0.29, 0.717) is 5.69 Å². The first kappa shape index (κ1) is 15.4. The fourth-order valence-electron chi connectivity index (χ4n) is 1.69. The van der Waals surface area contributed by atoms with Gasteiger partial charge in [-0.3, -0.25) is 4.98 Å². The quantitative estimate of drug-likeness (QED) is 0.588. The van der Waals surface area contributed by atoms with E-state index >= 15 is 0 Å². The van der Waals surface area contributed by atoms with Crippen LogP contribution in [0.3, 0.4) is 0 Å². The smallest absolute Gasteiger partial charge is 0.351 e. The summed E-state index contributed by atoms with van der Waals surface area (Å²) in [5.41, 5.74) is 0.139. The SMILES string of the molecule is CN(CCO)c1nc(Nc2ccc(C(=O)O)cc2)[nH]c(=O)n1. The zero-order valence-electron chi connectivity index (χ0n) is 11.8. The Morgan fingerprint density at radius 2 is 2.00 bits per heavy atom. The number of anilines is 3. The molecule has 0 spiro atoms. The van der Waals surface area contributed by atoms with Crippen LogP contribution < -0.4 is 15.9 Å². The van der Waals surface area contributed by atoms with Crippen LogP contribution in [0.15, 0.2) is 29.1 Å². The molecule has 0 saturated carbocycles. The summed E-state index contributed by atoms with van der Waals surface area (Å²) in [6.45, 7) is 0.197. The van der Waals surface area contributed by atoms with E-state index < -0.39 is 11.7 Å². The van der Waals surface area contributed by atoms with E-state index in [4.69, 9.17) is 10.2 Å². The molecule has 0 aliphatic heterocycles. The normalized spacial score (nSPS) is 10.3. The number of benzene rings is 1. The number of hydrogen-bond acceptors (Lipinski definition) is 7. The van der Waals surface area contributed by atoms with Crippen LogP contribution in [0.5, 0.6) is 0 Å². The predicted octanol–water partition coefficient (Wildman–Crippen LogP) is 0.0352. The van der Waals surface area contributed by atoms with Gasteiger partial charge in [0.2, 0.25) is 11.9 Å². The largest absolute Gasteiger partial charge is 0.478 e. The number of aliphatic hydroxyl groups excluding tert-OH is 1. The number of carboxylic acids is 1. The van der Waals surface area contributed by atoms with Crippen molar-refractivity contribution in [1.29, 1.82) is 0 Å². The molecule has 2 aromatic rings. The number of H-pyrrole nitrogens is 1. The summed E-state index contributed by atoms with van der Waals surface area (Å²) in [5, 5.41) is 20.6. The van der Waals surface area contributed by atoms with Crippen molar-refractivity contribution in [2.45, 2.75) is 0 Å². The van der Waals surface area contributed by atoms with Crippen molar-refractivity contribution in [2.75, 3.05) is 30.4 Å². The molecular weight excluding hydrogens is 290 g/mol. The van der Waals surface area contributed by atoms with E-state index in [9.17, 15) is 9.59 Å². The van der Waals surface area contributed by atoms with Gasteiger partial charge in [0, 0.05) is 19.3 Å². The van der Waals surface area contributed by atoms with Crippen molar-refractivity contribution in [3.63, 3.8) is 0 Å². The number of nitrogens with one attached hydrogen (secondary N) is 2. The maximum Gasteiger partial charge on any atom is 0.351 e. The number of aromatic nitrogens is 3. The molecule has 1 aromatic heterocycles. The average Bonchev–Trinajstić information content (AvgIpc) is 2.47. The first-order valence-corrected chi connectivity index (χ1v) is 6.40. The third kappa shape index (κ3) is 3.79. The van der Waals surface area contributed by atoms with Gasteiger partial charge in [-0.05, 0) is 24.3 Å². The zero-order chi connectivity index (χ0) is 16.1. The molecule has 1 aromatic carbocycles. The number of aliphatic hydroxyl groups is 1. The first-order valence-electron chi connectivity index (χ1n) is 6.40. The van der Waals surface area contributed by atoms with E-state index in [0.717, 1.165) is 0 Å². The number of aromatic amines is 1. The molecule has 0 aliphatic carbocycles. The Labute approximate surface area is 125 Å². The molecule has 0 bridgehead atoms. The second-order valence-electron chi connectivity index (χ2n) is 4.46. The molecule has 9 heteroatoms. The number of rotatable bonds is 6. The Balaban J connectivity index is 2.22. The third-order valence-electron chi connectivity index (χ3n) is 2.81. The van der Waals surface area contributed by atoms with Gasteiger partial charge in [-0.2, -0.15) is 9.97 Å². The number of aromatic carboxylic acids is 1. The van der Waals surface area contributed by atoms with Crippen LogP contribution >= 0.6 is 0 Å². The Bertz CT molecular complexity index is 713. The van der Waals surface area contributed by atoms with E-state index in [2.05, 4.69) is 20.3 Å². The molecule has 0 aliphatic rings. The summed E-state index contributed by atoms with van der Waals surface area (Å²) >= 11 is 0. The Morgan fingerprint density at radius 1 is 1.32 bits per heavy atom. The summed E-state index contributed by atoms with van der Waals surface area (Å²) in [6.07, 6.45) is 0. The van der Waals surface area contributed by atoms with Crippen LogP contribution in [0.4, 0.5) is 17.6 Å². The lowest BCUT2D eigenvalue weighted by molar-refractivity contribution is 0.0697. The molecule has 0 atom stereocenters. The monoisotopic (exact) mass is 305 g/mol. The maximum absolute atomic E-state index is 11.5. The molecule has 22 heavy (non-hydrogen) atoms. The third-order valence-corrected chi connectivity index (χ3v) is 2.81. The summed E-state index contributed by atoms with van der Waals surface area (Å²) in [4.78, 5) is 34.1. The van der Waals surface area contributed by atoms with Gasteiger partial charge in [0.15, 0.2) is 0 Å². The molecule has 9 nitrogen and oxygen atoms in total. The van der Waals surface area contributed by atoms with Crippen molar-refractivity contribution >= 4 is 23.6 Å². The Kier molecular flexibility index (Phi) is 4.69. The minimum atomic E-state index is -1.02. The van der Waals surface area contributed by atoms with Crippen molar-refractivity contribution in [3.05, 3.63) is 40.3 Å².